The molecule has 0 aromatic rings. The van der Waals surface area contributed by atoms with Gasteiger partial charge in [-0.2, -0.15) is 145 Å². The van der Waals surface area contributed by atoms with Crippen LogP contribution in [0.3, 0.4) is 0 Å². The van der Waals surface area contributed by atoms with Crippen LogP contribution in [0, 0.1) is 75.9 Å². The second-order valence-electron chi connectivity index (χ2n) is 29.3. The Balaban J connectivity index is -0.0000000700. The molecular formula is C75H147F33. The maximum absolute atomic E-state index is 11.7. The number of alkyl halides is 33. The van der Waals surface area contributed by atoms with Crippen LogP contribution in [0.1, 0.15) is 350 Å². The Morgan fingerprint density at radius 2 is 0.500 bits per heavy atom. The largest absolute Gasteiger partial charge is 0.402 e. The number of hydrogen-bond acceptors (Lipinski definition) is 0. The van der Waals surface area contributed by atoms with Crippen LogP contribution in [0.5, 0.6) is 0 Å². The lowest BCUT2D eigenvalue weighted by Crippen LogP contribution is -2.44. The molecule has 0 radical (unpaired) electrons. The molecule has 0 aromatic carbocycles. The molecule has 0 rings (SSSR count). The summed E-state index contributed by atoms with van der Waals surface area (Å²) in [5, 5.41) is 0. The maximum atomic E-state index is 11.7. The Kier molecular flexibility index (Phi) is 85.2. The molecule has 0 aliphatic heterocycles. The number of rotatable bonds is 15. The van der Waals surface area contributed by atoms with Crippen LogP contribution in [-0.2, 0) is 0 Å². The molecule has 3 unspecified atom stereocenters. The average molecular weight is 1680 g/mol. The summed E-state index contributed by atoms with van der Waals surface area (Å²) in [6.45, 7) is 56.5. The quantitative estimate of drug-likeness (QED) is 0.113. The van der Waals surface area contributed by atoms with E-state index in [2.05, 4.69) is 83.1 Å². The van der Waals surface area contributed by atoms with Gasteiger partial charge in [0.15, 0.2) is 11.3 Å². The second kappa shape index (κ2) is 71.2. The third kappa shape index (κ3) is 136. The van der Waals surface area contributed by atoms with Crippen LogP contribution in [0.25, 0.3) is 0 Å². The molecule has 0 heterocycles. The molecule has 0 fully saturated rings. The molecule has 0 nitrogen and oxygen atoms in total. The molecule has 3 atom stereocenters. The highest BCUT2D eigenvalue weighted by Gasteiger charge is 2.64. The Bertz CT molecular complexity index is 1870. The van der Waals surface area contributed by atoms with Crippen molar-refractivity contribution in [1.82, 2.24) is 0 Å². The lowest BCUT2D eigenvalue weighted by molar-refractivity contribution is -0.327. The fourth-order valence-corrected chi connectivity index (χ4v) is 3.26. The van der Waals surface area contributed by atoms with Crippen molar-refractivity contribution in [2.75, 3.05) is 0 Å². The Hall–Kier alpha value is -2.31. The molecule has 678 valence electrons. The van der Waals surface area contributed by atoms with Gasteiger partial charge < -0.3 is 0 Å². The van der Waals surface area contributed by atoms with Gasteiger partial charge in [0.1, 0.15) is 0 Å². The molecule has 0 N–H and O–H groups in total. The van der Waals surface area contributed by atoms with Crippen molar-refractivity contribution in [2.24, 2.45) is 75.9 Å². The van der Waals surface area contributed by atoms with E-state index in [1.165, 1.54) is 53.4 Å². The van der Waals surface area contributed by atoms with Gasteiger partial charge in [-0.1, -0.05) is 286 Å². The summed E-state index contributed by atoms with van der Waals surface area (Å²) in [6, 6.07) is 0. The molecule has 0 aliphatic rings. The summed E-state index contributed by atoms with van der Waals surface area (Å²) in [5.74, 6) is -5.63. The molecule has 33 heteroatoms. The van der Waals surface area contributed by atoms with Gasteiger partial charge in [-0.05, 0) is 81.4 Å². The van der Waals surface area contributed by atoms with Gasteiger partial charge in [-0.15, -0.1) is 0 Å². The van der Waals surface area contributed by atoms with E-state index in [1.807, 2.05) is 55.4 Å². The summed E-state index contributed by atoms with van der Waals surface area (Å²) in [4.78, 5) is 0. The van der Waals surface area contributed by atoms with Gasteiger partial charge in [-0.3, -0.25) is 0 Å². The summed E-state index contributed by atoms with van der Waals surface area (Å²) in [5.41, 5.74) is -5.19. The van der Waals surface area contributed by atoms with Crippen LogP contribution in [0.15, 0.2) is 0 Å². The van der Waals surface area contributed by atoms with E-state index in [-0.39, 0.29) is 51.3 Å². The van der Waals surface area contributed by atoms with Crippen molar-refractivity contribution in [3.8, 4) is 0 Å². The van der Waals surface area contributed by atoms with Gasteiger partial charge in [0, 0.05) is 24.2 Å². The highest BCUT2D eigenvalue weighted by Crippen LogP contribution is 2.49. The van der Waals surface area contributed by atoms with Gasteiger partial charge in [0.05, 0.1) is 23.2 Å². The average Bonchev–Trinajstić information content (AvgIpc) is 0.789. The fourth-order valence-electron chi connectivity index (χ4n) is 3.26. The van der Waals surface area contributed by atoms with Crippen LogP contribution in [0.4, 0.5) is 145 Å². The molecule has 0 aromatic heterocycles. The Morgan fingerprint density at radius 1 is 0.278 bits per heavy atom. The SMILES string of the molecule is CC(C)(C(F)(F)F)C(F)(F)F.CC(C)(C)C(F)(F)F.CC(C)C.CC(C)C(C)C.CC(C)C(F)(F)F.CC(CCC(F)(F)F)C(F)(F)F.CCC(C)C.CCC(C)C(F)(F)F.CCCC(C(F)(F)F)C(F)(F)F.CCCC(C)C(F)(F)F.CCCCC.CCCCCC(F)(F)F.[2H]C(C)(C)C.[2H]C(C)(C)C.[2H]C([2H])(C)CC. The molecule has 0 bridgehead atoms. The minimum Gasteiger partial charge on any atom is -0.171 e. The first-order valence-corrected chi connectivity index (χ1v) is 35.9. The van der Waals surface area contributed by atoms with Crippen molar-refractivity contribution >= 4 is 0 Å². The van der Waals surface area contributed by atoms with Gasteiger partial charge >= 0.3 is 67.9 Å². The van der Waals surface area contributed by atoms with Crippen LogP contribution in [0.2, 0.25) is 0 Å². The van der Waals surface area contributed by atoms with Crippen LogP contribution in [-0.4, -0.2) is 67.9 Å². The predicted octanol–water partition coefficient (Wildman–Crippen LogP) is 37.0. The monoisotopic (exact) mass is 1680 g/mol. The zero-order chi connectivity index (χ0) is 95.5. The van der Waals surface area contributed by atoms with Crippen molar-refractivity contribution in [3.05, 3.63) is 0 Å². The van der Waals surface area contributed by atoms with Gasteiger partial charge in [0.25, 0.3) is 0 Å². The zero-order valence-electron chi connectivity index (χ0n) is 75.0. The molecule has 0 aliphatic carbocycles. The third-order valence-electron chi connectivity index (χ3n) is 12.4. The zero-order valence-corrected chi connectivity index (χ0v) is 71.0. The maximum Gasteiger partial charge on any atom is 0.402 e. The van der Waals surface area contributed by atoms with E-state index >= 15 is 0 Å². The normalized spacial score (nSPS) is 13.9. The van der Waals surface area contributed by atoms with Crippen molar-refractivity contribution < 1.29 is 150 Å². The molecule has 0 saturated carbocycles. The smallest absolute Gasteiger partial charge is 0.171 e. The lowest BCUT2D eigenvalue weighted by Gasteiger charge is -2.29. The summed E-state index contributed by atoms with van der Waals surface area (Å²) < 4.78 is 408. The molecular weight excluding hydrogens is 1530 g/mol. The summed E-state index contributed by atoms with van der Waals surface area (Å²) in [6.07, 6.45) is -45.9. The summed E-state index contributed by atoms with van der Waals surface area (Å²) >= 11 is 0. The van der Waals surface area contributed by atoms with Crippen LogP contribution >= 0.6 is 0 Å². The first-order chi connectivity index (χ1) is 48.2. The summed E-state index contributed by atoms with van der Waals surface area (Å²) in [7, 11) is 0. The second-order valence-corrected chi connectivity index (χ2v) is 29.3. The molecule has 0 spiro atoms. The van der Waals surface area contributed by atoms with Crippen molar-refractivity contribution in [2.45, 2.75) is 412 Å². The molecule has 0 amide bonds. The van der Waals surface area contributed by atoms with E-state index in [0.717, 1.165) is 71.6 Å². The predicted molar refractivity (Wildman–Crippen MR) is 381 cm³/mol. The highest BCUT2D eigenvalue weighted by molar-refractivity contribution is 4.84. The van der Waals surface area contributed by atoms with Gasteiger partial charge in [0.2, 0.25) is 0 Å². The standard InChI is InChI=1S/2C6H8F6.2C6H11F3.C6H14.C5H6F6.2C5H9F3.2C5H12.C4H7F3.4C4H10/c1-4(6(10,11)12)2-3-5(7,8)9;1-2-3-4(5(7,8)9)6(10,11)12;1-3-4-5(2)6(7,8)9;1-2-3-4-5-6(7,8)9;1-5(2)6(3)4;1-3(2,4(6,7)8)5(9,10)11;1-4(2,3)5(6,7)8;1-3-4(2)5(6,7)8;1-4-5(2)3;1-3-5-4-2;1-3(2)4(5,6)7;3*1-4(2)3;1-3-4-2/h2*4H,2-3H2,1H3;5H,3-4H2,1-2H3;2-5H2,1H3;5-6H,1-4H3;1-2H3;1-3H3;4H,3H2,1-2H3;5H,4H2,1-3H3;3-5H2,1-2H3;3H,1-2H3;3*4H,1-3H3;3-4H2,1-2H3/i;;;;;;;;;;;2*4D;;3D2. The Labute approximate surface area is 637 Å². The highest BCUT2D eigenvalue weighted by atomic mass is 19.5. The van der Waals surface area contributed by atoms with E-state index in [4.69, 9.17) is 5.48 Å². The number of unbranched alkanes of at least 4 members (excludes halogenated alkanes) is 4. The van der Waals surface area contributed by atoms with E-state index in [9.17, 15) is 145 Å². The van der Waals surface area contributed by atoms with E-state index < -0.39 is 140 Å². The number of hydrogen-bond donors (Lipinski definition) is 0. The van der Waals surface area contributed by atoms with E-state index in [0.29, 0.717) is 19.3 Å². The molecule has 0 saturated heterocycles. The minimum absolute atomic E-state index is 0.104. The third-order valence-corrected chi connectivity index (χ3v) is 12.4. The minimum atomic E-state index is -5.24. The topological polar surface area (TPSA) is 0 Å². The first-order valence-electron chi connectivity index (χ1n) is 37.9. The number of halogens is 33. The lowest BCUT2D eigenvalue weighted by atomic mass is 9.92. The Morgan fingerprint density at radius 3 is 0.574 bits per heavy atom. The van der Waals surface area contributed by atoms with Gasteiger partial charge in [-0.25, -0.2) is 0 Å². The van der Waals surface area contributed by atoms with Crippen LogP contribution < -0.4 is 0 Å². The van der Waals surface area contributed by atoms with Crippen molar-refractivity contribution in [3.63, 3.8) is 0 Å². The molecule has 108 heavy (non-hydrogen) atoms. The van der Waals surface area contributed by atoms with Crippen molar-refractivity contribution in [1.29, 1.82) is 0 Å². The first kappa shape index (κ1) is 129. The van der Waals surface area contributed by atoms with E-state index in [1.54, 1.807) is 13.8 Å². The fraction of sp³-hybridized carbons (Fsp3) is 1.00.